The second-order valence-corrected chi connectivity index (χ2v) is 21.3. The Bertz CT molecular complexity index is 1950. The van der Waals surface area contributed by atoms with Gasteiger partial charge in [0.15, 0.2) is 0 Å². The summed E-state index contributed by atoms with van der Waals surface area (Å²) >= 11 is 17.9. The highest BCUT2D eigenvalue weighted by Crippen LogP contribution is 2.30. The van der Waals surface area contributed by atoms with Crippen molar-refractivity contribution in [3.63, 3.8) is 0 Å². The van der Waals surface area contributed by atoms with E-state index in [0.717, 1.165) is 11.8 Å². The molecule has 0 aliphatic carbocycles. The van der Waals surface area contributed by atoms with Crippen molar-refractivity contribution >= 4 is 93.4 Å². The summed E-state index contributed by atoms with van der Waals surface area (Å²) in [6.45, 7) is 13.0. The molecule has 23 heteroatoms. The maximum absolute atomic E-state index is 14.6. The number of aliphatic hydroxyl groups excluding tert-OH is 1. The number of ether oxygens (including phenoxy) is 3. The van der Waals surface area contributed by atoms with Gasteiger partial charge in [0.2, 0.25) is 33.3 Å². The summed E-state index contributed by atoms with van der Waals surface area (Å²) in [5, 5.41) is 21.9. The molecule has 386 valence electrons. The number of methoxy groups -OCH3 is 1. The fourth-order valence-corrected chi connectivity index (χ4v) is 8.72. The van der Waals surface area contributed by atoms with Crippen LogP contribution in [0.25, 0.3) is 0 Å². The molecule has 0 spiro atoms. The van der Waals surface area contributed by atoms with Crippen molar-refractivity contribution in [3.05, 3.63) is 48.6 Å². The molecule has 0 bridgehead atoms. The molecule has 9 atom stereocenters. The summed E-state index contributed by atoms with van der Waals surface area (Å²) in [6, 6.07) is 1.69. The summed E-state index contributed by atoms with van der Waals surface area (Å²) in [6.07, 6.45) is 3.23. The van der Waals surface area contributed by atoms with E-state index in [0.29, 0.717) is 50.6 Å². The summed E-state index contributed by atoms with van der Waals surface area (Å²) in [5.41, 5.74) is -0.266. The van der Waals surface area contributed by atoms with E-state index in [-0.39, 0.29) is 25.5 Å². The first-order valence-corrected chi connectivity index (χ1v) is 25.0. The lowest BCUT2D eigenvalue weighted by atomic mass is 9.97. The number of esters is 1. The molecule has 1 aromatic rings. The van der Waals surface area contributed by atoms with E-state index in [1.807, 2.05) is 6.92 Å². The van der Waals surface area contributed by atoms with Gasteiger partial charge in [0.1, 0.15) is 42.9 Å². The highest BCUT2D eigenvalue weighted by molar-refractivity contribution is 8.14. The molecule has 1 aromatic carbocycles. The van der Waals surface area contributed by atoms with E-state index in [4.69, 9.17) is 49.0 Å². The standard InChI is InChI=1S/C46H68Cl3N7O12S/c1-9-27(4)35(54-43(64)67-26-46(47,48)49)39(60)51-32(25-68-45(6,7)11-3)38(59)50-30(23-29-17-13-12-14-18-29)40(61)56-22-16-20-34(56)69-44(65)52-31(24-57)37(58)53-36(28(5)10-2)41(62)55-21-15-19-33(55)42(63)66-8/h11-14,17-18,27-28,30-36,57H,3,9-10,15-16,19-26H2,1-2,4-8H3,(H,50,59)(H,51,60)(H,52,65)(H,53,58)(H,54,64)/t27-,28-,30-,31-,32-,33-,34-,35-,36-/m0/s1. The molecule has 6 N–H and O–H groups in total. The summed E-state index contributed by atoms with van der Waals surface area (Å²) in [5.74, 6) is -4.81. The minimum atomic E-state index is -1.91. The number of nitrogens with one attached hydrogen (secondary N) is 5. The topological polar surface area (TPSA) is 251 Å². The number of aliphatic hydroxyl groups is 1. The Kier molecular flexibility index (Phi) is 23.8. The molecule has 0 saturated carbocycles. The average Bonchev–Trinajstić information content (AvgIpc) is 4.01. The fourth-order valence-electron chi connectivity index (χ4n) is 7.47. The molecule has 2 aliphatic rings. The number of carbonyl (C=O) groups is 8. The maximum atomic E-state index is 14.6. The van der Waals surface area contributed by atoms with Crippen LogP contribution >= 0.6 is 46.6 Å². The van der Waals surface area contributed by atoms with Gasteiger partial charge in [-0.3, -0.25) is 28.8 Å². The fraction of sp³-hybridized carbons (Fsp3) is 0.652. The third-order valence-electron chi connectivity index (χ3n) is 12.1. The third-order valence-corrected chi connectivity index (χ3v) is 13.5. The van der Waals surface area contributed by atoms with Crippen molar-refractivity contribution in [1.29, 1.82) is 0 Å². The van der Waals surface area contributed by atoms with Crippen LogP contribution in [0.15, 0.2) is 43.0 Å². The largest absolute Gasteiger partial charge is 0.467 e. The number of carbonyl (C=O) groups excluding carboxylic acids is 8. The van der Waals surface area contributed by atoms with Gasteiger partial charge in [0.25, 0.3) is 5.24 Å². The summed E-state index contributed by atoms with van der Waals surface area (Å²) in [7, 11) is 1.24. The predicted molar refractivity (Wildman–Crippen MR) is 262 cm³/mol. The van der Waals surface area contributed by atoms with Crippen molar-refractivity contribution in [3.8, 4) is 0 Å². The van der Waals surface area contributed by atoms with Gasteiger partial charge < -0.3 is 55.7 Å². The quantitative estimate of drug-likeness (QED) is 0.0485. The number of hydrogen-bond donors (Lipinski definition) is 6. The molecule has 2 heterocycles. The van der Waals surface area contributed by atoms with Gasteiger partial charge in [-0.1, -0.05) is 112 Å². The van der Waals surface area contributed by atoms with E-state index >= 15 is 0 Å². The molecule has 2 saturated heterocycles. The zero-order valence-corrected chi connectivity index (χ0v) is 43.3. The van der Waals surface area contributed by atoms with Crippen LogP contribution in [0, 0.1) is 11.8 Å². The Labute approximate surface area is 423 Å². The van der Waals surface area contributed by atoms with Crippen molar-refractivity contribution in [2.75, 3.05) is 40.0 Å². The number of alkyl halides is 3. The third kappa shape index (κ3) is 18.4. The Morgan fingerprint density at radius 3 is 2.00 bits per heavy atom. The van der Waals surface area contributed by atoms with Crippen molar-refractivity contribution in [2.45, 2.75) is 138 Å². The Hall–Kier alpha value is -4.34. The Morgan fingerprint density at radius 2 is 1.41 bits per heavy atom. The number of amides is 7. The minimum absolute atomic E-state index is 0.0118. The first-order chi connectivity index (χ1) is 32.5. The molecule has 0 unspecified atom stereocenters. The number of rotatable bonds is 24. The average molecular weight is 1050 g/mol. The highest BCUT2D eigenvalue weighted by Gasteiger charge is 2.42. The normalized spacial score (nSPS) is 19.1. The zero-order valence-electron chi connectivity index (χ0n) is 40.2. The lowest BCUT2D eigenvalue weighted by Gasteiger charge is -2.32. The molecule has 0 radical (unpaired) electrons. The molecule has 0 aromatic heterocycles. The Balaban J connectivity index is 1.83. The molecule has 2 aliphatic heterocycles. The highest BCUT2D eigenvalue weighted by atomic mass is 35.6. The second-order valence-electron chi connectivity index (χ2n) is 17.6. The van der Waals surface area contributed by atoms with Gasteiger partial charge in [-0.15, -0.1) is 6.58 Å². The SMILES string of the molecule is C=CC(C)(C)OC[C@H](NC(=O)[C@@H](NC(=O)OCC(Cl)(Cl)Cl)[C@@H](C)CC)C(=O)N[C@@H](Cc1ccccc1)C(=O)N1CCC[C@@H]1SC(=O)N[C@@H](CO)C(=O)N[C@H](C(=O)N1CCC[C@H]1C(=O)OC)[C@@H](C)CC. The van der Waals surface area contributed by atoms with Crippen LogP contribution in [0.4, 0.5) is 9.59 Å². The van der Waals surface area contributed by atoms with E-state index in [9.17, 15) is 43.5 Å². The monoisotopic (exact) mass is 1050 g/mol. The Morgan fingerprint density at radius 1 is 0.812 bits per heavy atom. The summed E-state index contributed by atoms with van der Waals surface area (Å²) < 4.78 is 14.0. The van der Waals surface area contributed by atoms with Gasteiger partial charge in [0.05, 0.1) is 31.3 Å². The maximum Gasteiger partial charge on any atom is 0.407 e. The first-order valence-electron chi connectivity index (χ1n) is 23.0. The molecule has 19 nitrogen and oxygen atoms in total. The van der Waals surface area contributed by atoms with E-state index in [1.165, 1.54) is 23.0 Å². The van der Waals surface area contributed by atoms with Crippen LogP contribution in [0.3, 0.4) is 0 Å². The van der Waals surface area contributed by atoms with Gasteiger partial charge >= 0.3 is 12.1 Å². The predicted octanol–water partition coefficient (Wildman–Crippen LogP) is 4.14. The van der Waals surface area contributed by atoms with Gasteiger partial charge in [-0.05, 0) is 68.7 Å². The molecule has 69 heavy (non-hydrogen) atoms. The van der Waals surface area contributed by atoms with Gasteiger partial charge in [-0.25, -0.2) is 9.59 Å². The molecule has 7 amide bonds. The second kappa shape index (κ2) is 27.9. The number of benzene rings is 1. The van der Waals surface area contributed by atoms with Crippen molar-refractivity contribution in [1.82, 2.24) is 36.4 Å². The van der Waals surface area contributed by atoms with Crippen molar-refractivity contribution < 1.29 is 57.7 Å². The van der Waals surface area contributed by atoms with Crippen LogP contribution in [0.2, 0.25) is 0 Å². The number of alkyl carbamates (subject to hydrolysis) is 1. The van der Waals surface area contributed by atoms with Gasteiger partial charge in [0, 0.05) is 19.5 Å². The zero-order chi connectivity index (χ0) is 51.6. The van der Waals surface area contributed by atoms with E-state index in [1.54, 1.807) is 65.0 Å². The van der Waals surface area contributed by atoms with E-state index < -0.39 is 117 Å². The van der Waals surface area contributed by atoms with Crippen LogP contribution < -0.4 is 26.6 Å². The number of thioether (sulfide) groups is 1. The van der Waals surface area contributed by atoms with Crippen LogP contribution in [0.5, 0.6) is 0 Å². The first kappa shape index (κ1) is 59.0. The molecule has 2 fully saturated rings. The van der Waals surface area contributed by atoms with E-state index in [2.05, 4.69) is 33.2 Å². The van der Waals surface area contributed by atoms with Crippen LogP contribution in [0.1, 0.15) is 85.6 Å². The number of hydrogen-bond acceptors (Lipinski definition) is 13. The molecular weight excluding hydrogens is 981 g/mol. The lowest BCUT2D eigenvalue weighted by Crippen LogP contribution is -2.60. The molecule has 3 rings (SSSR count). The number of halogens is 3. The smallest absolute Gasteiger partial charge is 0.407 e. The minimum Gasteiger partial charge on any atom is -0.467 e. The number of likely N-dealkylation sites (tertiary alicyclic amines) is 2. The van der Waals surface area contributed by atoms with Crippen LogP contribution in [-0.2, 0) is 49.4 Å². The molecular formula is C46H68Cl3N7O12S. The number of nitrogens with zero attached hydrogens (tertiary/aromatic N) is 2. The van der Waals surface area contributed by atoms with Gasteiger partial charge in [-0.2, -0.15) is 0 Å². The van der Waals surface area contributed by atoms with Crippen molar-refractivity contribution in [2.24, 2.45) is 11.8 Å². The van der Waals surface area contributed by atoms with Crippen LogP contribution in [-0.4, -0.2) is 153 Å². The lowest BCUT2D eigenvalue weighted by molar-refractivity contribution is -0.152. The summed E-state index contributed by atoms with van der Waals surface area (Å²) in [4.78, 5) is 112.